The lowest BCUT2D eigenvalue weighted by Gasteiger charge is -2.61. The van der Waals surface area contributed by atoms with Crippen molar-refractivity contribution in [3.05, 3.63) is 42.0 Å². The molecule has 0 heterocycles. The van der Waals surface area contributed by atoms with E-state index in [9.17, 15) is 46.0 Å². The first-order chi connectivity index (χ1) is 32.7. The summed E-state index contributed by atoms with van der Waals surface area (Å²) >= 11 is 0. The molecule has 1 N–H and O–H groups in total. The van der Waals surface area contributed by atoms with Gasteiger partial charge >= 0.3 is 29.1 Å². The Morgan fingerprint density at radius 1 is 0.690 bits per heavy atom. The minimum atomic E-state index is -6.15. The smallest absolute Gasteiger partial charge is 0.428 e. The maximum atomic E-state index is 12.7. The average Bonchev–Trinajstić information content (AvgIpc) is 3.78. The van der Waals surface area contributed by atoms with Crippen LogP contribution in [0, 0.1) is 39.4 Å². The van der Waals surface area contributed by atoms with Crippen molar-refractivity contribution in [2.45, 2.75) is 216 Å². The molecule has 7 rings (SSSR count). The molecule has 1 unspecified atom stereocenters. The number of hydrogen-bond donors (Lipinski definition) is 1. The Labute approximate surface area is 424 Å². The van der Waals surface area contributed by atoms with Crippen LogP contribution >= 0.6 is 0 Å². The van der Waals surface area contributed by atoms with E-state index in [-0.39, 0.29) is 39.4 Å². The fourth-order valence-electron chi connectivity index (χ4n) is 10.1. The summed E-state index contributed by atoms with van der Waals surface area (Å²) in [5.41, 5.74) is -0.302. The molecule has 5 aliphatic carbocycles. The van der Waals surface area contributed by atoms with Crippen LogP contribution in [0.2, 0.25) is 0 Å². The molecule has 5 saturated carbocycles. The number of hydrogen-bond acceptors (Lipinski definition) is 12. The third-order valence-corrected chi connectivity index (χ3v) is 17.4. The molecule has 15 heteroatoms. The number of alkyl halides is 2. The molecule has 0 aromatic heterocycles. The van der Waals surface area contributed by atoms with Crippen molar-refractivity contribution in [1.29, 1.82) is 0 Å². The van der Waals surface area contributed by atoms with Gasteiger partial charge in [-0.2, -0.15) is 8.78 Å². The van der Waals surface area contributed by atoms with Crippen LogP contribution in [-0.2, 0) is 48.2 Å². The van der Waals surface area contributed by atoms with Gasteiger partial charge in [-0.25, -0.2) is 13.2 Å². The predicted molar refractivity (Wildman–Crippen MR) is 271 cm³/mol. The highest BCUT2D eigenvalue weighted by atomic mass is 32.2. The highest BCUT2D eigenvalue weighted by molar-refractivity contribution is 7.87. The summed E-state index contributed by atoms with van der Waals surface area (Å²) < 4.78 is 76.1. The minimum Gasteiger partial charge on any atom is -0.743 e. The van der Waals surface area contributed by atoms with Crippen molar-refractivity contribution in [3.8, 4) is 5.75 Å². The monoisotopic (exact) mass is 1020 g/mol. The van der Waals surface area contributed by atoms with Crippen LogP contribution in [0.15, 0.2) is 36.4 Å². The lowest BCUT2D eigenvalue weighted by molar-refractivity contribution is -0.206. The molecule has 12 nitrogen and oxygen atoms in total. The number of carbonyl (C=O) groups excluding carboxylic acids is 4. The normalized spacial score (nSPS) is 22.1. The molecule has 0 amide bonds. The molecular weight excluding hydrogens is 935 g/mol. The van der Waals surface area contributed by atoms with Crippen molar-refractivity contribution in [2.75, 3.05) is 13.2 Å². The third kappa shape index (κ3) is 15.8. The molecule has 404 valence electrons. The van der Waals surface area contributed by atoms with Gasteiger partial charge < -0.3 is 28.6 Å². The minimum absolute atomic E-state index is 0.00857. The zero-order valence-corrected chi connectivity index (χ0v) is 46.2. The van der Waals surface area contributed by atoms with Crippen LogP contribution in [0.3, 0.4) is 0 Å². The van der Waals surface area contributed by atoms with Gasteiger partial charge in [0, 0.05) is 5.41 Å². The summed E-state index contributed by atoms with van der Waals surface area (Å²) in [6.07, 6.45) is 16.9. The second-order valence-corrected chi connectivity index (χ2v) is 24.7. The van der Waals surface area contributed by atoms with E-state index < -0.39 is 45.9 Å². The standard InChI is InChI=1S/C19H32O2.C14H16O.C13H24O2.C10H16F2O7S/c1-6-17(2,3)16(20)21-18(4,5)19-10-13-7-14(11-19)9-15(8-13)12-19;1-3-10(2)11-4-5-13-9-14(15)7-6-12(13)8-11;1-5-12(3,4)11(14)15-13(6-2)9-7-8-10-13;1-4-9(2,3)7(13)18-5-6-19-8(14)10(11,12)20(15,16)17/h13-15H,6-12H2,1-5H3;4-10,15H,3H2,1-2H3;5-10H2,1-4H3;4-6H2,1-3H3,(H,15,16,17)/p-1. The second-order valence-electron chi connectivity index (χ2n) is 23.3. The van der Waals surface area contributed by atoms with Crippen molar-refractivity contribution >= 4 is 44.8 Å². The molecule has 1 atom stereocenters. The molecule has 0 saturated heterocycles. The molecule has 2 aromatic carbocycles. The molecule has 0 aliphatic heterocycles. The van der Waals surface area contributed by atoms with E-state index in [0.29, 0.717) is 18.1 Å². The van der Waals surface area contributed by atoms with Crippen LogP contribution in [0.4, 0.5) is 8.78 Å². The Bertz CT molecular complexity index is 2190. The van der Waals surface area contributed by atoms with Gasteiger partial charge in [0.2, 0.25) is 0 Å². The maximum absolute atomic E-state index is 12.7. The lowest BCUT2D eigenvalue weighted by atomic mass is 9.46. The first kappa shape index (κ1) is 61.4. The van der Waals surface area contributed by atoms with Gasteiger partial charge in [-0.3, -0.25) is 14.4 Å². The Kier molecular flexibility index (Phi) is 21.2. The van der Waals surface area contributed by atoms with Crippen molar-refractivity contribution < 1.29 is 65.0 Å². The van der Waals surface area contributed by atoms with Gasteiger partial charge in [-0.05, 0) is 204 Å². The summed E-state index contributed by atoms with van der Waals surface area (Å²) in [5.74, 6) is 0.467. The first-order valence-corrected chi connectivity index (χ1v) is 27.5. The highest BCUT2D eigenvalue weighted by Crippen LogP contribution is 2.64. The van der Waals surface area contributed by atoms with E-state index in [0.717, 1.165) is 61.7 Å². The zero-order valence-electron chi connectivity index (χ0n) is 45.4. The zero-order chi connectivity index (χ0) is 54.0. The first-order valence-electron chi connectivity index (χ1n) is 26.1. The molecule has 5 fully saturated rings. The largest absolute Gasteiger partial charge is 0.743 e. The van der Waals surface area contributed by atoms with E-state index in [4.69, 9.17) is 9.47 Å². The summed E-state index contributed by atoms with van der Waals surface area (Å²) in [4.78, 5) is 46.7. The van der Waals surface area contributed by atoms with Crippen molar-refractivity contribution in [2.24, 2.45) is 39.4 Å². The fourth-order valence-corrected chi connectivity index (χ4v) is 10.3. The molecule has 71 heavy (non-hydrogen) atoms. The molecular formula is C56H87F2O12S-. The number of esters is 4. The van der Waals surface area contributed by atoms with E-state index in [1.807, 2.05) is 40.7 Å². The van der Waals surface area contributed by atoms with Gasteiger partial charge in [0.05, 0.1) is 16.2 Å². The number of ether oxygens (including phenoxy) is 4. The number of halogens is 2. The maximum Gasteiger partial charge on any atom is 0.428 e. The third-order valence-electron chi connectivity index (χ3n) is 16.6. The summed E-state index contributed by atoms with van der Waals surface area (Å²) in [6.45, 7) is 26.6. The SMILES string of the molecule is CCC(C)(C)C(=O)OC(C)(C)C12CC3CC(CC(C3)C1)C2.CCC(C)(C)C(=O)OCCOC(=O)C(F)(F)S(=O)(=O)[O-].CCC(C)c1ccc2cc(O)ccc2c1.CCC1(OC(=O)C(C)(C)CC)CCCC1. The number of phenols is 1. The number of carbonyl (C=O) groups is 4. The second kappa shape index (κ2) is 24.5. The van der Waals surface area contributed by atoms with Gasteiger partial charge in [0.15, 0.2) is 10.1 Å². The quantitative estimate of drug-likeness (QED) is 0.0686. The highest BCUT2D eigenvalue weighted by Gasteiger charge is 2.59. The Morgan fingerprint density at radius 3 is 1.58 bits per heavy atom. The average molecular weight is 1020 g/mol. The number of rotatable bonds is 17. The van der Waals surface area contributed by atoms with E-state index >= 15 is 0 Å². The number of aromatic hydroxyl groups is 1. The van der Waals surface area contributed by atoms with Crippen molar-refractivity contribution in [1.82, 2.24) is 0 Å². The summed E-state index contributed by atoms with van der Waals surface area (Å²) in [6, 6.07) is 11.9. The lowest BCUT2D eigenvalue weighted by Crippen LogP contribution is -2.58. The summed E-state index contributed by atoms with van der Waals surface area (Å²) in [7, 11) is -6.15. The van der Waals surface area contributed by atoms with Gasteiger partial charge in [-0.15, -0.1) is 0 Å². The molecule has 0 spiro atoms. The number of fused-ring (bicyclic) bond motifs is 1. The molecule has 5 aliphatic rings. The number of phenolic OH excluding ortho intramolecular Hbond substituents is 1. The van der Waals surface area contributed by atoms with E-state index in [1.165, 1.54) is 62.3 Å². The molecule has 4 bridgehead atoms. The van der Waals surface area contributed by atoms with Crippen LogP contribution in [0.5, 0.6) is 5.75 Å². The Balaban J connectivity index is 0.000000253. The number of benzene rings is 2. The Hall–Kier alpha value is -3.85. The topological polar surface area (TPSA) is 183 Å². The van der Waals surface area contributed by atoms with Crippen LogP contribution in [-0.4, -0.2) is 71.6 Å². The van der Waals surface area contributed by atoms with Gasteiger partial charge in [0.25, 0.3) is 0 Å². The van der Waals surface area contributed by atoms with Crippen LogP contribution in [0.1, 0.15) is 205 Å². The van der Waals surface area contributed by atoms with E-state index in [1.54, 1.807) is 32.9 Å². The molecule has 0 radical (unpaired) electrons. The van der Waals surface area contributed by atoms with Gasteiger partial charge in [0.1, 0.15) is 30.2 Å². The van der Waals surface area contributed by atoms with Crippen LogP contribution < -0.4 is 0 Å². The van der Waals surface area contributed by atoms with Crippen molar-refractivity contribution in [3.63, 3.8) is 0 Å². The fraction of sp³-hybridized carbons (Fsp3) is 0.750. The van der Waals surface area contributed by atoms with E-state index in [2.05, 4.69) is 69.2 Å². The summed E-state index contributed by atoms with van der Waals surface area (Å²) in [5, 5.41) is 6.49. The predicted octanol–water partition coefficient (Wildman–Crippen LogP) is 13.4. The Morgan fingerprint density at radius 2 is 1.13 bits per heavy atom. The van der Waals surface area contributed by atoms with Gasteiger partial charge in [-0.1, -0.05) is 65.8 Å². The molecule has 2 aromatic rings. The van der Waals surface area contributed by atoms with Crippen LogP contribution in [0.25, 0.3) is 10.8 Å².